The van der Waals surface area contributed by atoms with Gasteiger partial charge in [-0.1, -0.05) is 25.6 Å². The van der Waals surface area contributed by atoms with Crippen molar-refractivity contribution in [2.45, 2.75) is 31.6 Å². The van der Waals surface area contributed by atoms with E-state index in [4.69, 9.17) is 0 Å². The fourth-order valence-corrected chi connectivity index (χ4v) is 3.80. The van der Waals surface area contributed by atoms with E-state index in [0.29, 0.717) is 0 Å². The van der Waals surface area contributed by atoms with Crippen LogP contribution in [0, 0.1) is 0 Å². The Morgan fingerprint density at radius 1 is 1.42 bits per heavy atom. The lowest BCUT2D eigenvalue weighted by atomic mass is 10.7. The van der Waals surface area contributed by atoms with Crippen molar-refractivity contribution in [2.75, 3.05) is 20.6 Å². The molecule has 0 spiro atoms. The molecule has 0 aliphatic rings. The maximum atomic E-state index is 3.84. The van der Waals surface area contributed by atoms with Gasteiger partial charge >= 0.3 is 0 Å². The van der Waals surface area contributed by atoms with Crippen LogP contribution in [0.15, 0.2) is 12.7 Å². The molecule has 12 heavy (non-hydrogen) atoms. The molecule has 0 aromatic rings. The second-order valence-electron chi connectivity index (χ2n) is 4.21. The topological polar surface area (TPSA) is 3.24 Å². The van der Waals surface area contributed by atoms with Crippen LogP contribution in [0.5, 0.6) is 0 Å². The van der Waals surface area contributed by atoms with Crippen molar-refractivity contribution in [3.63, 3.8) is 0 Å². The van der Waals surface area contributed by atoms with E-state index in [0.717, 1.165) is 0 Å². The third kappa shape index (κ3) is 4.73. The van der Waals surface area contributed by atoms with Crippen LogP contribution < -0.4 is 0 Å². The van der Waals surface area contributed by atoms with E-state index in [9.17, 15) is 0 Å². The fraction of sp³-hybridized carbons (Fsp3) is 0.800. The Kier molecular flexibility index (Phi) is 5.50. The Bertz CT molecular complexity index is 134. The average molecular weight is 185 g/mol. The first-order valence-electron chi connectivity index (χ1n) is 4.79. The highest BCUT2D eigenvalue weighted by atomic mass is 28.3. The lowest BCUT2D eigenvalue weighted by molar-refractivity contribution is 0.431. The molecule has 0 aliphatic carbocycles. The lowest BCUT2D eigenvalue weighted by Gasteiger charge is -2.26. The van der Waals surface area contributed by atoms with Crippen LogP contribution in [0.1, 0.15) is 6.92 Å². The average Bonchev–Trinajstić information content (AvgIpc) is 2.02. The number of hydrogen-bond donors (Lipinski definition) is 0. The molecule has 1 nitrogen and oxygen atoms in total. The van der Waals surface area contributed by atoms with E-state index >= 15 is 0 Å². The first kappa shape index (κ1) is 11.9. The zero-order chi connectivity index (χ0) is 9.61. The molecular weight excluding hydrogens is 162 g/mol. The van der Waals surface area contributed by atoms with Gasteiger partial charge in [0.1, 0.15) is 0 Å². The monoisotopic (exact) mass is 185 g/mol. The van der Waals surface area contributed by atoms with Crippen molar-refractivity contribution in [3.05, 3.63) is 12.7 Å². The molecule has 0 aliphatic heterocycles. The SMILES string of the molecule is C=CC[Si](C)(CC)CCN(C)C. The zero-order valence-electron chi connectivity index (χ0n) is 9.06. The van der Waals surface area contributed by atoms with Gasteiger partial charge in [-0.25, -0.2) is 0 Å². The molecule has 0 rings (SSSR count). The summed E-state index contributed by atoms with van der Waals surface area (Å²) in [7, 11) is 3.36. The Morgan fingerprint density at radius 2 is 2.00 bits per heavy atom. The highest BCUT2D eigenvalue weighted by Gasteiger charge is 2.22. The normalized spacial score (nSPS) is 16.1. The molecule has 0 aromatic heterocycles. The van der Waals surface area contributed by atoms with Gasteiger partial charge in [0.15, 0.2) is 0 Å². The van der Waals surface area contributed by atoms with Crippen LogP contribution in [0.2, 0.25) is 24.7 Å². The van der Waals surface area contributed by atoms with E-state index in [1.807, 2.05) is 0 Å². The molecule has 1 unspecified atom stereocenters. The van der Waals surface area contributed by atoms with Gasteiger partial charge in [-0.2, -0.15) is 0 Å². The lowest BCUT2D eigenvalue weighted by Crippen LogP contribution is -2.32. The maximum absolute atomic E-state index is 3.84. The summed E-state index contributed by atoms with van der Waals surface area (Å²) >= 11 is 0. The predicted molar refractivity (Wildman–Crippen MR) is 60.5 cm³/mol. The van der Waals surface area contributed by atoms with Crippen molar-refractivity contribution in [2.24, 2.45) is 0 Å². The third-order valence-electron chi connectivity index (χ3n) is 2.65. The van der Waals surface area contributed by atoms with Gasteiger partial charge in [-0.15, -0.1) is 6.58 Å². The summed E-state index contributed by atoms with van der Waals surface area (Å²) in [4.78, 5) is 2.28. The molecule has 0 bridgehead atoms. The summed E-state index contributed by atoms with van der Waals surface area (Å²) in [6.45, 7) is 9.89. The molecule has 0 N–H and O–H groups in total. The van der Waals surface area contributed by atoms with E-state index < -0.39 is 8.07 Å². The first-order valence-corrected chi connectivity index (χ1v) is 7.92. The predicted octanol–water partition coefficient (Wildman–Crippen LogP) is 2.83. The van der Waals surface area contributed by atoms with Gasteiger partial charge in [0, 0.05) is 0 Å². The number of allylic oxidation sites excluding steroid dienone is 1. The Balaban J connectivity index is 3.86. The highest BCUT2D eigenvalue weighted by molar-refractivity contribution is 6.79. The van der Waals surface area contributed by atoms with Crippen molar-refractivity contribution in [1.29, 1.82) is 0 Å². The van der Waals surface area contributed by atoms with Crippen molar-refractivity contribution in [3.8, 4) is 0 Å². The maximum Gasteiger partial charge on any atom is 0.0552 e. The number of nitrogens with zero attached hydrogens (tertiary/aromatic N) is 1. The first-order chi connectivity index (χ1) is 5.54. The van der Waals surface area contributed by atoms with Crippen LogP contribution in [0.25, 0.3) is 0 Å². The summed E-state index contributed by atoms with van der Waals surface area (Å²) in [6, 6.07) is 4.06. The fourth-order valence-electron chi connectivity index (χ4n) is 1.27. The van der Waals surface area contributed by atoms with Crippen molar-refractivity contribution < 1.29 is 0 Å². The van der Waals surface area contributed by atoms with Crippen LogP contribution in [-0.2, 0) is 0 Å². The zero-order valence-corrected chi connectivity index (χ0v) is 10.1. The molecule has 0 saturated carbocycles. The largest absolute Gasteiger partial charge is 0.310 e. The van der Waals surface area contributed by atoms with Gasteiger partial charge in [-0.05, 0) is 32.7 Å². The Morgan fingerprint density at radius 3 is 2.33 bits per heavy atom. The molecule has 0 amide bonds. The van der Waals surface area contributed by atoms with Crippen molar-refractivity contribution >= 4 is 8.07 Å². The summed E-state index contributed by atoms with van der Waals surface area (Å²) in [6.07, 6.45) is 2.10. The van der Waals surface area contributed by atoms with Gasteiger partial charge in [0.25, 0.3) is 0 Å². The van der Waals surface area contributed by atoms with Gasteiger partial charge in [0.05, 0.1) is 8.07 Å². The second kappa shape index (κ2) is 5.54. The van der Waals surface area contributed by atoms with Gasteiger partial charge in [-0.3, -0.25) is 0 Å². The second-order valence-corrected chi connectivity index (χ2v) is 9.45. The minimum atomic E-state index is -0.946. The van der Waals surface area contributed by atoms with Gasteiger partial charge in [0.2, 0.25) is 0 Å². The van der Waals surface area contributed by atoms with Crippen LogP contribution in [0.4, 0.5) is 0 Å². The number of hydrogen-bond acceptors (Lipinski definition) is 1. The minimum absolute atomic E-state index is 0.946. The molecule has 0 fully saturated rings. The van der Waals surface area contributed by atoms with Crippen LogP contribution in [-0.4, -0.2) is 33.6 Å². The van der Waals surface area contributed by atoms with Crippen molar-refractivity contribution in [1.82, 2.24) is 4.90 Å². The summed E-state index contributed by atoms with van der Waals surface area (Å²) in [5.74, 6) is 0. The van der Waals surface area contributed by atoms with E-state index in [1.165, 1.54) is 24.7 Å². The van der Waals surface area contributed by atoms with E-state index in [1.54, 1.807) is 0 Å². The minimum Gasteiger partial charge on any atom is -0.310 e. The smallest absolute Gasteiger partial charge is 0.0552 e. The molecule has 1 atom stereocenters. The molecule has 0 heterocycles. The molecular formula is C10H23NSi. The highest BCUT2D eigenvalue weighted by Crippen LogP contribution is 2.20. The van der Waals surface area contributed by atoms with Gasteiger partial charge < -0.3 is 4.90 Å². The quantitative estimate of drug-likeness (QED) is 0.454. The van der Waals surface area contributed by atoms with E-state index in [2.05, 4.69) is 45.1 Å². The summed E-state index contributed by atoms with van der Waals surface area (Å²) in [5.41, 5.74) is 0. The summed E-state index contributed by atoms with van der Waals surface area (Å²) in [5, 5.41) is 0. The van der Waals surface area contributed by atoms with Crippen LogP contribution in [0.3, 0.4) is 0 Å². The third-order valence-corrected chi connectivity index (χ3v) is 7.07. The van der Waals surface area contributed by atoms with Crippen LogP contribution >= 0.6 is 0 Å². The molecule has 72 valence electrons. The molecule has 2 heteroatoms. The summed E-state index contributed by atoms with van der Waals surface area (Å²) < 4.78 is 0. The number of rotatable bonds is 6. The molecule has 0 saturated heterocycles. The van der Waals surface area contributed by atoms with E-state index in [-0.39, 0.29) is 0 Å². The Hall–Kier alpha value is -0.0831. The Labute approximate surface area is 78.5 Å². The molecule has 0 radical (unpaired) electrons. The molecule has 0 aromatic carbocycles. The standard InChI is InChI=1S/C10H23NSi/c1-6-9-12(5,7-2)10-8-11(3)4/h6H,1,7-10H2,2-5H3.